The number of aromatic nitrogens is 2. The van der Waals surface area contributed by atoms with Crippen LogP contribution in [-0.4, -0.2) is 37.2 Å². The molecule has 128 valence electrons. The standard InChI is InChI=1S/C16H20ClN5O2/c1-10-7-15(22(2)3)21-14(19-10)9-18-16(23)20-11-5-6-12(17)13(8-11)24-4/h5-8H,9H2,1-4H3,(H2,18,20,23). The highest BCUT2D eigenvalue weighted by atomic mass is 35.5. The number of carbonyl (C=O) groups excluding carboxylic acids is 1. The second-order valence-corrected chi connectivity index (χ2v) is 5.74. The van der Waals surface area contributed by atoms with Crippen LogP contribution in [0.1, 0.15) is 11.5 Å². The molecule has 0 fully saturated rings. The molecule has 8 heteroatoms. The van der Waals surface area contributed by atoms with E-state index in [1.165, 1.54) is 7.11 Å². The Morgan fingerprint density at radius 2 is 2.04 bits per heavy atom. The molecule has 0 aliphatic rings. The van der Waals surface area contributed by atoms with E-state index in [0.29, 0.717) is 22.3 Å². The monoisotopic (exact) mass is 349 g/mol. The van der Waals surface area contributed by atoms with Crippen molar-refractivity contribution in [2.24, 2.45) is 0 Å². The second kappa shape index (κ2) is 7.83. The Morgan fingerprint density at radius 3 is 2.71 bits per heavy atom. The number of ether oxygens (including phenoxy) is 1. The molecule has 2 amide bonds. The normalized spacial score (nSPS) is 10.2. The van der Waals surface area contributed by atoms with Crippen LogP contribution >= 0.6 is 11.6 Å². The van der Waals surface area contributed by atoms with Gasteiger partial charge < -0.3 is 20.3 Å². The van der Waals surface area contributed by atoms with Crippen molar-refractivity contribution in [2.75, 3.05) is 31.4 Å². The van der Waals surface area contributed by atoms with Crippen molar-refractivity contribution in [2.45, 2.75) is 13.5 Å². The summed E-state index contributed by atoms with van der Waals surface area (Å²) in [6.07, 6.45) is 0. The van der Waals surface area contributed by atoms with Crippen molar-refractivity contribution in [1.29, 1.82) is 0 Å². The third-order valence-corrected chi connectivity index (χ3v) is 3.47. The van der Waals surface area contributed by atoms with Gasteiger partial charge in [-0.15, -0.1) is 0 Å². The molecule has 1 aromatic heterocycles. The van der Waals surface area contributed by atoms with Gasteiger partial charge in [0, 0.05) is 37.6 Å². The minimum Gasteiger partial charge on any atom is -0.495 e. The summed E-state index contributed by atoms with van der Waals surface area (Å²) in [4.78, 5) is 22.6. The maximum atomic E-state index is 12.0. The van der Waals surface area contributed by atoms with E-state index in [1.54, 1.807) is 18.2 Å². The number of amides is 2. The van der Waals surface area contributed by atoms with E-state index in [-0.39, 0.29) is 12.6 Å². The van der Waals surface area contributed by atoms with E-state index in [1.807, 2.05) is 32.0 Å². The average molecular weight is 350 g/mol. The number of hydrogen-bond donors (Lipinski definition) is 2. The molecule has 0 saturated carbocycles. The second-order valence-electron chi connectivity index (χ2n) is 5.34. The lowest BCUT2D eigenvalue weighted by Gasteiger charge is -2.13. The molecule has 0 spiro atoms. The van der Waals surface area contributed by atoms with Gasteiger partial charge in [-0.3, -0.25) is 0 Å². The lowest BCUT2D eigenvalue weighted by Crippen LogP contribution is -2.29. The number of rotatable bonds is 5. The SMILES string of the molecule is COc1cc(NC(=O)NCc2nc(C)cc(N(C)C)n2)ccc1Cl. The Kier molecular flexibility index (Phi) is 5.81. The molecule has 0 bridgehead atoms. The molecule has 1 aromatic carbocycles. The van der Waals surface area contributed by atoms with Gasteiger partial charge in [0.1, 0.15) is 17.4 Å². The maximum Gasteiger partial charge on any atom is 0.319 e. The number of carbonyl (C=O) groups is 1. The summed E-state index contributed by atoms with van der Waals surface area (Å²) in [5, 5.41) is 5.92. The first-order chi connectivity index (χ1) is 11.4. The van der Waals surface area contributed by atoms with Gasteiger partial charge in [0.2, 0.25) is 0 Å². The molecular weight excluding hydrogens is 330 g/mol. The molecule has 0 unspecified atom stereocenters. The highest BCUT2D eigenvalue weighted by Crippen LogP contribution is 2.27. The van der Waals surface area contributed by atoms with Crippen molar-refractivity contribution in [1.82, 2.24) is 15.3 Å². The van der Waals surface area contributed by atoms with Crippen LogP contribution < -0.4 is 20.3 Å². The van der Waals surface area contributed by atoms with Crippen LogP contribution in [0.25, 0.3) is 0 Å². The average Bonchev–Trinajstić information content (AvgIpc) is 2.54. The number of benzene rings is 1. The summed E-state index contributed by atoms with van der Waals surface area (Å²) in [6, 6.07) is 6.51. The predicted octanol–water partition coefficient (Wildman–Crippen LogP) is 2.83. The highest BCUT2D eigenvalue weighted by Gasteiger charge is 2.08. The minimum atomic E-state index is -0.365. The zero-order valence-corrected chi connectivity index (χ0v) is 14.8. The van der Waals surface area contributed by atoms with Crippen LogP contribution in [-0.2, 0) is 6.54 Å². The summed E-state index contributed by atoms with van der Waals surface area (Å²) in [6.45, 7) is 2.11. The fourth-order valence-corrected chi connectivity index (χ4v) is 2.19. The summed E-state index contributed by atoms with van der Waals surface area (Å²) in [5.74, 6) is 1.83. The zero-order chi connectivity index (χ0) is 17.7. The Balaban J connectivity index is 1.98. The smallest absolute Gasteiger partial charge is 0.319 e. The first kappa shape index (κ1) is 17.8. The molecule has 2 aromatic rings. The van der Waals surface area contributed by atoms with Crippen LogP contribution in [0.4, 0.5) is 16.3 Å². The Labute approximate surface area is 146 Å². The molecule has 24 heavy (non-hydrogen) atoms. The third-order valence-electron chi connectivity index (χ3n) is 3.16. The largest absolute Gasteiger partial charge is 0.495 e. The van der Waals surface area contributed by atoms with Crippen molar-refractivity contribution in [3.05, 3.63) is 40.8 Å². The zero-order valence-electron chi connectivity index (χ0n) is 14.1. The van der Waals surface area contributed by atoms with Gasteiger partial charge in [-0.05, 0) is 19.1 Å². The number of aryl methyl sites for hydroxylation is 1. The van der Waals surface area contributed by atoms with Gasteiger partial charge >= 0.3 is 6.03 Å². The van der Waals surface area contributed by atoms with Crippen molar-refractivity contribution in [3.63, 3.8) is 0 Å². The fourth-order valence-electron chi connectivity index (χ4n) is 1.99. The molecular formula is C16H20ClN5O2. The molecule has 7 nitrogen and oxygen atoms in total. The maximum absolute atomic E-state index is 12.0. The number of nitrogens with zero attached hydrogens (tertiary/aromatic N) is 3. The van der Waals surface area contributed by atoms with Gasteiger partial charge in [0.05, 0.1) is 18.7 Å². The van der Waals surface area contributed by atoms with Crippen molar-refractivity contribution in [3.8, 4) is 5.75 Å². The molecule has 1 heterocycles. The van der Waals surface area contributed by atoms with Gasteiger partial charge in [0.15, 0.2) is 0 Å². The van der Waals surface area contributed by atoms with Gasteiger partial charge in [-0.25, -0.2) is 14.8 Å². The molecule has 0 aliphatic carbocycles. The number of nitrogens with one attached hydrogen (secondary N) is 2. The lowest BCUT2D eigenvalue weighted by atomic mass is 10.3. The number of anilines is 2. The number of methoxy groups -OCH3 is 1. The van der Waals surface area contributed by atoms with E-state index >= 15 is 0 Å². The molecule has 0 radical (unpaired) electrons. The quantitative estimate of drug-likeness (QED) is 0.867. The number of urea groups is 1. The van der Waals surface area contributed by atoms with E-state index in [0.717, 1.165) is 11.5 Å². The van der Waals surface area contributed by atoms with Crippen LogP contribution in [0.3, 0.4) is 0 Å². The summed E-state index contributed by atoms with van der Waals surface area (Å²) < 4.78 is 5.12. The Morgan fingerprint density at radius 1 is 1.29 bits per heavy atom. The van der Waals surface area contributed by atoms with Gasteiger partial charge in [-0.2, -0.15) is 0 Å². The van der Waals surface area contributed by atoms with Crippen LogP contribution in [0.15, 0.2) is 24.3 Å². The summed E-state index contributed by atoms with van der Waals surface area (Å²) >= 11 is 5.96. The van der Waals surface area contributed by atoms with Crippen LogP contribution in [0, 0.1) is 6.92 Å². The summed E-state index contributed by atoms with van der Waals surface area (Å²) in [7, 11) is 5.32. The molecule has 0 saturated heterocycles. The summed E-state index contributed by atoms with van der Waals surface area (Å²) in [5.41, 5.74) is 1.42. The fraction of sp³-hybridized carbons (Fsp3) is 0.312. The van der Waals surface area contributed by atoms with E-state index in [4.69, 9.17) is 16.3 Å². The molecule has 2 rings (SSSR count). The Hall–Kier alpha value is -2.54. The first-order valence-corrected chi connectivity index (χ1v) is 7.67. The van der Waals surface area contributed by atoms with E-state index < -0.39 is 0 Å². The Bertz CT molecular complexity index is 736. The predicted molar refractivity (Wildman–Crippen MR) is 95.0 cm³/mol. The van der Waals surface area contributed by atoms with Crippen LogP contribution in [0.5, 0.6) is 5.75 Å². The van der Waals surface area contributed by atoms with Crippen LogP contribution in [0.2, 0.25) is 5.02 Å². The molecule has 2 N–H and O–H groups in total. The van der Waals surface area contributed by atoms with Crippen molar-refractivity contribution >= 4 is 29.1 Å². The van der Waals surface area contributed by atoms with Gasteiger partial charge in [0.25, 0.3) is 0 Å². The molecule has 0 aliphatic heterocycles. The third kappa shape index (κ3) is 4.73. The topological polar surface area (TPSA) is 79.4 Å². The molecule has 0 atom stereocenters. The van der Waals surface area contributed by atoms with Gasteiger partial charge in [-0.1, -0.05) is 11.6 Å². The minimum absolute atomic E-state index is 0.221. The van der Waals surface area contributed by atoms with Crippen molar-refractivity contribution < 1.29 is 9.53 Å². The number of hydrogen-bond acceptors (Lipinski definition) is 5. The highest BCUT2D eigenvalue weighted by molar-refractivity contribution is 6.32. The lowest BCUT2D eigenvalue weighted by molar-refractivity contribution is 0.251. The number of halogens is 1. The van der Waals surface area contributed by atoms with E-state index in [2.05, 4.69) is 20.6 Å². The first-order valence-electron chi connectivity index (χ1n) is 7.29. The van der Waals surface area contributed by atoms with E-state index in [9.17, 15) is 4.79 Å².